The second-order valence-electron chi connectivity index (χ2n) is 5.61. The molecule has 1 rings (SSSR count). The highest BCUT2D eigenvalue weighted by Crippen LogP contribution is 2.15. The zero-order chi connectivity index (χ0) is 17.4. The highest BCUT2D eigenvalue weighted by molar-refractivity contribution is 5.83. The minimum atomic E-state index is -2.87. The van der Waals surface area contributed by atoms with Gasteiger partial charge < -0.3 is 15.2 Å². The fourth-order valence-electron chi connectivity index (χ4n) is 2.05. The molecule has 1 aromatic rings. The number of amides is 1. The van der Waals surface area contributed by atoms with Gasteiger partial charge in [0.05, 0.1) is 0 Å². The number of alkyl halides is 2. The van der Waals surface area contributed by atoms with Gasteiger partial charge in [0.25, 0.3) is 0 Å². The van der Waals surface area contributed by atoms with E-state index in [1.165, 1.54) is 12.1 Å². The topological polar surface area (TPSA) is 75.6 Å². The largest absolute Gasteiger partial charge is 0.480 e. The maximum absolute atomic E-state index is 12.0. The first-order valence-electron chi connectivity index (χ1n) is 7.34. The van der Waals surface area contributed by atoms with Crippen LogP contribution >= 0.6 is 0 Å². The average Bonchev–Trinajstić information content (AvgIpc) is 2.44. The summed E-state index contributed by atoms with van der Waals surface area (Å²) >= 11 is 0. The molecule has 0 aliphatic carbocycles. The van der Waals surface area contributed by atoms with Crippen LogP contribution in [0.3, 0.4) is 0 Å². The number of carbonyl (C=O) groups excluding carboxylic acids is 1. The summed E-state index contributed by atoms with van der Waals surface area (Å²) in [6.45, 7) is 0.886. The Hall–Kier alpha value is -2.18. The molecule has 0 saturated heterocycles. The van der Waals surface area contributed by atoms with E-state index in [2.05, 4.69) is 10.1 Å². The lowest BCUT2D eigenvalue weighted by atomic mass is 10.0. The van der Waals surface area contributed by atoms with Crippen molar-refractivity contribution in [1.82, 2.24) is 5.32 Å². The van der Waals surface area contributed by atoms with Crippen molar-refractivity contribution in [2.24, 2.45) is 5.92 Å². The predicted octanol–water partition coefficient (Wildman–Crippen LogP) is 2.84. The van der Waals surface area contributed by atoms with Gasteiger partial charge in [0.15, 0.2) is 0 Å². The van der Waals surface area contributed by atoms with Crippen LogP contribution in [0.15, 0.2) is 24.3 Å². The fourth-order valence-corrected chi connectivity index (χ4v) is 2.05. The van der Waals surface area contributed by atoms with Crippen LogP contribution in [-0.2, 0) is 16.0 Å². The number of carboxylic acid groups (broad SMARTS) is 1. The van der Waals surface area contributed by atoms with Gasteiger partial charge in [-0.3, -0.25) is 4.79 Å². The van der Waals surface area contributed by atoms with Crippen molar-refractivity contribution >= 4 is 11.9 Å². The standard InChI is InChI=1S/C16H21F2NO4/c1-10(2)9-13(15(21)22)19-14(20)8-5-11-3-6-12(7-4-11)23-16(17)18/h3-4,6-7,10,13,16H,5,8-9H2,1-2H3,(H,19,20)(H,21,22)/t13-/m0/s1. The molecule has 0 aliphatic rings. The van der Waals surface area contributed by atoms with Crippen LogP contribution in [0.4, 0.5) is 8.78 Å². The third-order valence-electron chi connectivity index (χ3n) is 3.13. The number of rotatable bonds is 9. The number of aryl methyl sites for hydroxylation is 1. The molecule has 0 heterocycles. The molecule has 0 saturated carbocycles. The van der Waals surface area contributed by atoms with Crippen molar-refractivity contribution < 1.29 is 28.2 Å². The monoisotopic (exact) mass is 329 g/mol. The van der Waals surface area contributed by atoms with E-state index in [0.717, 1.165) is 5.56 Å². The van der Waals surface area contributed by atoms with E-state index in [9.17, 15) is 18.4 Å². The first-order chi connectivity index (χ1) is 10.8. The second-order valence-corrected chi connectivity index (χ2v) is 5.61. The zero-order valence-corrected chi connectivity index (χ0v) is 13.1. The Morgan fingerprint density at radius 1 is 1.22 bits per heavy atom. The highest BCUT2D eigenvalue weighted by atomic mass is 19.3. The summed E-state index contributed by atoms with van der Waals surface area (Å²) in [5, 5.41) is 11.6. The molecule has 1 aromatic carbocycles. The predicted molar refractivity (Wildman–Crippen MR) is 80.4 cm³/mol. The van der Waals surface area contributed by atoms with E-state index in [1.54, 1.807) is 12.1 Å². The number of carboxylic acids is 1. The molecule has 0 bridgehead atoms. The molecule has 0 spiro atoms. The Balaban J connectivity index is 2.47. The van der Waals surface area contributed by atoms with Crippen LogP contribution in [-0.4, -0.2) is 29.6 Å². The van der Waals surface area contributed by atoms with Crippen LogP contribution in [0.2, 0.25) is 0 Å². The smallest absolute Gasteiger partial charge is 0.387 e. The summed E-state index contributed by atoms with van der Waals surface area (Å²) in [6.07, 6.45) is 0.868. The molecule has 0 unspecified atom stereocenters. The number of carbonyl (C=O) groups is 2. The van der Waals surface area contributed by atoms with Gasteiger partial charge in [-0.05, 0) is 36.5 Å². The summed E-state index contributed by atoms with van der Waals surface area (Å²) in [5.41, 5.74) is 0.775. The lowest BCUT2D eigenvalue weighted by Gasteiger charge is -2.16. The lowest BCUT2D eigenvalue weighted by Crippen LogP contribution is -2.41. The Kier molecular flexibility index (Phi) is 7.44. The Bertz CT molecular complexity index is 517. The van der Waals surface area contributed by atoms with Crippen LogP contribution in [0, 0.1) is 5.92 Å². The second kappa shape index (κ2) is 9.07. The molecule has 0 fully saturated rings. The first kappa shape index (κ1) is 18.9. The molecule has 1 atom stereocenters. The highest BCUT2D eigenvalue weighted by Gasteiger charge is 2.20. The number of halogens is 2. The van der Waals surface area contributed by atoms with Gasteiger partial charge in [0, 0.05) is 6.42 Å². The number of hydrogen-bond acceptors (Lipinski definition) is 3. The van der Waals surface area contributed by atoms with E-state index in [0.29, 0.717) is 12.8 Å². The summed E-state index contributed by atoms with van der Waals surface area (Å²) in [7, 11) is 0. The van der Waals surface area contributed by atoms with Crippen LogP contribution in [0.5, 0.6) is 5.75 Å². The molecule has 2 N–H and O–H groups in total. The third-order valence-corrected chi connectivity index (χ3v) is 3.13. The van der Waals surface area contributed by atoms with Gasteiger partial charge >= 0.3 is 12.6 Å². The Morgan fingerprint density at radius 3 is 2.30 bits per heavy atom. The van der Waals surface area contributed by atoms with Crippen molar-refractivity contribution in [1.29, 1.82) is 0 Å². The first-order valence-corrected chi connectivity index (χ1v) is 7.34. The molecule has 5 nitrogen and oxygen atoms in total. The third kappa shape index (κ3) is 7.58. The SMILES string of the molecule is CC(C)C[C@H](NC(=O)CCc1ccc(OC(F)F)cc1)C(=O)O. The van der Waals surface area contributed by atoms with Crippen LogP contribution < -0.4 is 10.1 Å². The minimum Gasteiger partial charge on any atom is -0.480 e. The molecular formula is C16H21F2NO4. The van der Waals surface area contributed by atoms with Gasteiger partial charge in [-0.25, -0.2) is 4.79 Å². The summed E-state index contributed by atoms with van der Waals surface area (Å²) < 4.78 is 28.3. The minimum absolute atomic E-state index is 0.0519. The molecule has 0 radical (unpaired) electrons. The average molecular weight is 329 g/mol. The van der Waals surface area contributed by atoms with Gasteiger partial charge in [-0.15, -0.1) is 0 Å². The van der Waals surface area contributed by atoms with Crippen molar-refractivity contribution in [2.75, 3.05) is 0 Å². The van der Waals surface area contributed by atoms with E-state index >= 15 is 0 Å². The summed E-state index contributed by atoms with van der Waals surface area (Å²) in [6, 6.07) is 5.09. The van der Waals surface area contributed by atoms with E-state index in [1.807, 2.05) is 13.8 Å². The van der Waals surface area contributed by atoms with E-state index < -0.39 is 18.6 Å². The fraction of sp³-hybridized carbons (Fsp3) is 0.500. The number of hydrogen-bond donors (Lipinski definition) is 2. The molecule has 7 heteroatoms. The molecule has 0 aromatic heterocycles. The molecule has 23 heavy (non-hydrogen) atoms. The Morgan fingerprint density at radius 2 is 1.83 bits per heavy atom. The van der Waals surface area contributed by atoms with Crippen molar-refractivity contribution in [3.63, 3.8) is 0 Å². The van der Waals surface area contributed by atoms with E-state index in [4.69, 9.17) is 5.11 Å². The van der Waals surface area contributed by atoms with Gasteiger partial charge in [0.1, 0.15) is 11.8 Å². The van der Waals surface area contributed by atoms with Crippen LogP contribution in [0.25, 0.3) is 0 Å². The van der Waals surface area contributed by atoms with Gasteiger partial charge in [-0.1, -0.05) is 26.0 Å². The van der Waals surface area contributed by atoms with Crippen molar-refractivity contribution in [3.05, 3.63) is 29.8 Å². The van der Waals surface area contributed by atoms with Crippen molar-refractivity contribution in [3.8, 4) is 5.75 Å². The normalized spacial score (nSPS) is 12.3. The number of ether oxygens (including phenoxy) is 1. The van der Waals surface area contributed by atoms with Gasteiger partial charge in [0.2, 0.25) is 5.91 Å². The number of aliphatic carboxylic acids is 1. The maximum atomic E-state index is 12.0. The molecular weight excluding hydrogens is 308 g/mol. The number of benzene rings is 1. The molecule has 1 amide bonds. The Labute approximate surface area is 133 Å². The number of nitrogens with one attached hydrogen (secondary N) is 1. The summed E-state index contributed by atoms with van der Waals surface area (Å²) in [4.78, 5) is 22.9. The zero-order valence-electron chi connectivity index (χ0n) is 13.1. The quantitative estimate of drug-likeness (QED) is 0.730. The molecule has 0 aliphatic heterocycles. The summed E-state index contributed by atoms with van der Waals surface area (Å²) in [5.74, 6) is -1.21. The lowest BCUT2D eigenvalue weighted by molar-refractivity contribution is -0.142. The molecule has 128 valence electrons. The van der Waals surface area contributed by atoms with Gasteiger partial charge in [-0.2, -0.15) is 8.78 Å². The van der Waals surface area contributed by atoms with Crippen LogP contribution in [0.1, 0.15) is 32.3 Å². The van der Waals surface area contributed by atoms with E-state index in [-0.39, 0.29) is 24.0 Å². The maximum Gasteiger partial charge on any atom is 0.387 e. The van der Waals surface area contributed by atoms with Crippen molar-refractivity contribution in [2.45, 2.75) is 45.8 Å².